The number of carbonyl (C=O) groups excluding carboxylic acids is 5. The van der Waals surface area contributed by atoms with E-state index in [1.807, 2.05) is 0 Å². The van der Waals surface area contributed by atoms with Crippen LogP contribution in [0, 0.1) is 0 Å². The van der Waals surface area contributed by atoms with E-state index < -0.39 is 28.2 Å². The van der Waals surface area contributed by atoms with Crippen LogP contribution in [0.5, 0.6) is 0 Å². The van der Waals surface area contributed by atoms with E-state index in [0.717, 1.165) is 12.2 Å². The van der Waals surface area contributed by atoms with Gasteiger partial charge in [-0.25, -0.2) is 18.7 Å². The van der Waals surface area contributed by atoms with Gasteiger partial charge in [-0.1, -0.05) is 13.2 Å². The van der Waals surface area contributed by atoms with Crippen molar-refractivity contribution in [1.29, 1.82) is 0 Å². The molecule has 5 N–H and O–H groups in total. The van der Waals surface area contributed by atoms with E-state index in [9.17, 15) is 47.9 Å². The summed E-state index contributed by atoms with van der Waals surface area (Å²) in [5.74, 6) is -2.62. The molecule has 0 aliphatic rings. The second-order valence-electron chi connectivity index (χ2n) is 16.7. The van der Waals surface area contributed by atoms with Crippen molar-refractivity contribution in [2.45, 2.75) is 64.7 Å². The lowest BCUT2D eigenvalue weighted by molar-refractivity contribution is -0.138. The summed E-state index contributed by atoms with van der Waals surface area (Å²) in [5.41, 5.74) is -1.64. The number of carboxylic acids is 1. The van der Waals surface area contributed by atoms with Crippen molar-refractivity contribution in [3.8, 4) is 0 Å². The Morgan fingerprint density at radius 1 is 0.468 bits per heavy atom. The molecule has 2 rings (SSSR count). The predicted molar refractivity (Wildman–Crippen MR) is 301 cm³/mol. The Morgan fingerprint density at radius 2 is 0.823 bits per heavy atom. The molecule has 0 aliphatic carbocycles. The Labute approximate surface area is 482 Å². The van der Waals surface area contributed by atoms with E-state index in [2.05, 4.69) is 82.2 Å². The molecule has 0 saturated carbocycles. The van der Waals surface area contributed by atoms with Crippen molar-refractivity contribution >= 4 is 96.6 Å². The fourth-order valence-corrected chi connectivity index (χ4v) is 7.94. The standard InChI is InChI=1S/C48H73BBr3N9O18/c1-3-35(62)53-11-5-15-58-46(70)42(50)41(49)45(69)60(58)17-7-37(64)55-13-23-75-29-31-77-25-19-57(39(66)9-21-73-27-33-79-34-28-74-22-10-40(67)68)20-26-78-32-30-76-24-14-56-38(65)8-18-61-48(72)44(52)43(51)47(71)59(61)16-6-12-54-36(63)4-2/h3-4H,1-2,5-34,49H2,(H,53,62)(H,54,63)(H,55,64)(H,56,65)(H,67,68). The van der Waals surface area contributed by atoms with Crippen molar-refractivity contribution in [3.05, 3.63) is 80.1 Å². The Bertz CT molecular complexity index is 2380. The molecule has 5 amide bonds. The number of carbonyl (C=O) groups is 6. The second kappa shape index (κ2) is 41.8. The molecule has 27 nitrogen and oxygen atoms in total. The minimum absolute atomic E-state index is 0.0269. The second-order valence-corrected chi connectivity index (χ2v) is 19.1. The summed E-state index contributed by atoms with van der Waals surface area (Å²) in [6, 6.07) is 0. The zero-order valence-electron chi connectivity index (χ0n) is 44.5. The van der Waals surface area contributed by atoms with Gasteiger partial charge in [0.15, 0.2) is 0 Å². The van der Waals surface area contributed by atoms with E-state index in [0.29, 0.717) is 12.8 Å². The van der Waals surface area contributed by atoms with Gasteiger partial charge in [-0.05, 0) is 78.2 Å². The molecule has 0 aromatic carbocycles. The van der Waals surface area contributed by atoms with Crippen molar-refractivity contribution < 1.29 is 67.0 Å². The first-order chi connectivity index (χ1) is 37.9. The fraction of sp³-hybridized carbons (Fsp3) is 0.625. The Morgan fingerprint density at radius 3 is 1.24 bits per heavy atom. The zero-order valence-corrected chi connectivity index (χ0v) is 49.3. The normalized spacial score (nSPS) is 11.0. The summed E-state index contributed by atoms with van der Waals surface area (Å²) < 4.78 is 43.8. The molecule has 0 aliphatic heterocycles. The van der Waals surface area contributed by atoms with Crippen molar-refractivity contribution in [3.63, 3.8) is 0 Å². The quantitative estimate of drug-likeness (QED) is 0.0267. The average molecular weight is 1310 g/mol. The van der Waals surface area contributed by atoms with E-state index in [1.165, 1.54) is 26.6 Å². The topological polar surface area (TPSA) is 327 Å². The number of amides is 5. The maximum Gasteiger partial charge on any atom is 0.305 e. The molecule has 79 heavy (non-hydrogen) atoms. The maximum atomic E-state index is 13.2. The Kier molecular flexibility index (Phi) is 37.1. The summed E-state index contributed by atoms with van der Waals surface area (Å²) >= 11 is 9.46. The lowest BCUT2D eigenvalue weighted by Crippen LogP contribution is -2.48. The predicted octanol–water partition coefficient (Wildman–Crippen LogP) is -2.21. The average Bonchev–Trinajstić information content (AvgIpc) is 3.47. The molecule has 0 bridgehead atoms. The third kappa shape index (κ3) is 28.7. The SMILES string of the molecule is Bc1c(Br)c(=O)n(CCCNC(=O)C=C)n(CCC(=O)NCCOCCOCCN(CCOCCOCCNC(=O)CCn2c(=O)c(Br)c(Br)c(=O)n2CCCNC(=O)C=C)C(=O)CCOCCOCCOCCC(=O)O)c1=O. The van der Waals surface area contributed by atoms with Gasteiger partial charge in [-0.3, -0.25) is 47.9 Å². The number of aromatic nitrogens is 4. The van der Waals surface area contributed by atoms with E-state index in [1.54, 1.807) is 4.90 Å². The highest BCUT2D eigenvalue weighted by molar-refractivity contribution is 9.13. The van der Waals surface area contributed by atoms with Gasteiger partial charge in [0, 0.05) is 65.2 Å². The van der Waals surface area contributed by atoms with Crippen molar-refractivity contribution in [2.24, 2.45) is 0 Å². The molecule has 0 unspecified atom stereocenters. The summed E-state index contributed by atoms with van der Waals surface area (Å²) in [6.07, 6.45) is 2.75. The lowest BCUT2D eigenvalue weighted by atomic mass is 9.99. The van der Waals surface area contributed by atoms with Gasteiger partial charge < -0.3 is 64.4 Å². The monoisotopic (exact) mass is 1310 g/mol. The van der Waals surface area contributed by atoms with Crippen LogP contribution < -0.4 is 49.0 Å². The maximum absolute atomic E-state index is 13.2. The number of halogens is 3. The first-order valence-corrected chi connectivity index (χ1v) is 27.9. The highest BCUT2D eigenvalue weighted by Crippen LogP contribution is 2.14. The van der Waals surface area contributed by atoms with Gasteiger partial charge in [0.1, 0.15) is 16.8 Å². The third-order valence-electron chi connectivity index (χ3n) is 11.0. The molecule has 0 atom stereocenters. The van der Waals surface area contributed by atoms with Crippen LogP contribution in [0.25, 0.3) is 0 Å². The summed E-state index contributed by atoms with van der Waals surface area (Å²) in [6.45, 7) is 10.9. The van der Waals surface area contributed by atoms with E-state index >= 15 is 0 Å². The lowest BCUT2D eigenvalue weighted by Gasteiger charge is -2.23. The molecule has 2 heterocycles. The minimum atomic E-state index is -0.948. The van der Waals surface area contributed by atoms with Crippen molar-refractivity contribution in [1.82, 2.24) is 44.9 Å². The third-order valence-corrected chi connectivity index (χ3v) is 13.9. The molecular weight excluding hydrogens is 1240 g/mol. The van der Waals surface area contributed by atoms with Crippen molar-refractivity contribution in [2.75, 3.05) is 132 Å². The molecule has 0 radical (unpaired) electrons. The number of carboxylic acid groups (broad SMARTS) is 1. The molecule has 442 valence electrons. The molecule has 0 fully saturated rings. The molecule has 0 spiro atoms. The first-order valence-electron chi connectivity index (χ1n) is 25.5. The van der Waals surface area contributed by atoms with Gasteiger partial charge in [-0.2, -0.15) is 0 Å². The summed E-state index contributed by atoms with van der Waals surface area (Å²) in [5, 5.41) is 19.3. The number of hydrogen-bond acceptors (Lipinski definition) is 17. The zero-order chi connectivity index (χ0) is 58.4. The Hall–Kier alpha value is -5.12. The van der Waals surface area contributed by atoms with Gasteiger partial charge in [-0.15, -0.1) is 0 Å². The van der Waals surface area contributed by atoms with Gasteiger partial charge >= 0.3 is 5.97 Å². The van der Waals surface area contributed by atoms with Gasteiger partial charge in [0.25, 0.3) is 22.2 Å². The number of hydrogen-bond donors (Lipinski definition) is 5. The van der Waals surface area contributed by atoms with Crippen LogP contribution in [-0.2, 0) is 88.1 Å². The van der Waals surface area contributed by atoms with Crippen LogP contribution in [0.15, 0.2) is 57.9 Å². The Balaban J connectivity index is 1.76. The number of nitrogens with one attached hydrogen (secondary N) is 4. The molecule has 2 aromatic heterocycles. The highest BCUT2D eigenvalue weighted by atomic mass is 79.9. The van der Waals surface area contributed by atoms with Crippen LogP contribution >= 0.6 is 47.8 Å². The van der Waals surface area contributed by atoms with Crippen LogP contribution in [-0.4, -0.2) is 204 Å². The molecule has 0 saturated heterocycles. The summed E-state index contributed by atoms with van der Waals surface area (Å²) in [7, 11) is 1.52. The number of rotatable bonds is 46. The van der Waals surface area contributed by atoms with Crippen LogP contribution in [0.3, 0.4) is 0 Å². The molecule has 2 aromatic rings. The fourth-order valence-electron chi connectivity index (χ4n) is 6.82. The smallest absolute Gasteiger partial charge is 0.305 e. The van der Waals surface area contributed by atoms with E-state index in [4.69, 9.17) is 38.3 Å². The largest absolute Gasteiger partial charge is 0.481 e. The number of aliphatic carboxylic acids is 1. The molecule has 31 heteroatoms. The number of nitrogens with zero attached hydrogens (tertiary/aromatic N) is 5. The summed E-state index contributed by atoms with van der Waals surface area (Å²) in [4.78, 5) is 126. The van der Waals surface area contributed by atoms with Crippen LogP contribution in [0.1, 0.15) is 38.5 Å². The highest BCUT2D eigenvalue weighted by Gasteiger charge is 2.19. The van der Waals surface area contributed by atoms with Gasteiger partial charge in [0.05, 0.1) is 123 Å². The van der Waals surface area contributed by atoms with Gasteiger partial charge in [0.2, 0.25) is 29.5 Å². The minimum Gasteiger partial charge on any atom is -0.481 e. The molecular formula is C48H73BBr3N9O18. The van der Waals surface area contributed by atoms with Crippen LogP contribution in [0.2, 0.25) is 0 Å². The van der Waals surface area contributed by atoms with Crippen LogP contribution in [0.4, 0.5) is 0 Å². The number of ether oxygens (including phenoxy) is 7. The first kappa shape index (κ1) is 70.0. The van der Waals surface area contributed by atoms with E-state index in [-0.39, 0.29) is 232 Å².